The lowest BCUT2D eigenvalue weighted by atomic mass is 9.61. The van der Waals surface area contributed by atoms with Gasteiger partial charge in [-0.15, -0.1) is 0 Å². The predicted molar refractivity (Wildman–Crippen MR) is 137 cm³/mol. The molecule has 0 spiro atoms. The maximum atomic E-state index is 13.6. The number of hydrogen-bond donors (Lipinski definition) is 5. The number of hydrogen-bond acceptors (Lipinski definition) is 7. The molecule has 0 aromatic heterocycles. The molecule has 2 bridgehead atoms. The molecule has 2 aliphatic heterocycles. The van der Waals surface area contributed by atoms with Crippen LogP contribution in [0.5, 0.6) is 0 Å². The van der Waals surface area contributed by atoms with Gasteiger partial charge in [0, 0.05) is 13.0 Å². The Hall–Kier alpha value is -2.78. The summed E-state index contributed by atoms with van der Waals surface area (Å²) in [6.45, 7) is 4.30. The second-order valence-electron chi connectivity index (χ2n) is 11.9. The van der Waals surface area contributed by atoms with Crippen molar-refractivity contribution in [3.05, 3.63) is 35.6 Å². The first-order valence-electron chi connectivity index (χ1n) is 13.9. The van der Waals surface area contributed by atoms with Crippen molar-refractivity contribution in [2.75, 3.05) is 6.54 Å². The topological polar surface area (TPSA) is 153 Å². The molecule has 0 radical (unpaired) electrons. The van der Waals surface area contributed by atoms with Crippen LogP contribution < -0.4 is 10.6 Å². The summed E-state index contributed by atoms with van der Waals surface area (Å²) >= 11 is 0. The minimum absolute atomic E-state index is 0.00986. The number of carbonyl (C=O) groups is 4. The van der Waals surface area contributed by atoms with Crippen molar-refractivity contribution in [2.45, 2.75) is 70.1 Å². The summed E-state index contributed by atoms with van der Waals surface area (Å²) in [6.07, 6.45) is 8.34. The summed E-state index contributed by atoms with van der Waals surface area (Å²) in [5.41, 5.74) is -1.44. The van der Waals surface area contributed by atoms with E-state index < -0.39 is 46.7 Å². The van der Waals surface area contributed by atoms with E-state index in [9.17, 15) is 34.5 Å². The average molecular weight is 527 g/mol. The molecule has 5 aliphatic rings. The summed E-state index contributed by atoms with van der Waals surface area (Å²) in [4.78, 5) is 51.3. The molecule has 3 saturated carbocycles. The van der Waals surface area contributed by atoms with Crippen LogP contribution in [0.15, 0.2) is 35.6 Å². The molecule has 10 atom stereocenters. The fourth-order valence-corrected chi connectivity index (χ4v) is 8.22. The zero-order valence-corrected chi connectivity index (χ0v) is 21.9. The van der Waals surface area contributed by atoms with Crippen LogP contribution in [0.4, 0.5) is 0 Å². The zero-order valence-electron chi connectivity index (χ0n) is 21.9. The van der Waals surface area contributed by atoms with Gasteiger partial charge in [-0.05, 0) is 73.3 Å². The molecule has 9 heteroatoms. The SMILES string of the molecule is CC[C@H]1C[C@@H]2C[C@@H]3[C@@H]4C/C=C/C(=O)NCC[C@H](O)[C@@H]5NC(=O)C(=C(O)/C=C/[C@@H]4CC(=O)[C@@H]3[C@@]2(O)[C@H]1C)C5=O. The molecule has 4 fully saturated rings. The molecule has 9 nitrogen and oxygen atoms in total. The summed E-state index contributed by atoms with van der Waals surface area (Å²) in [6, 6.07) is -1.20. The molecule has 3 aliphatic carbocycles. The van der Waals surface area contributed by atoms with E-state index in [1.54, 1.807) is 12.2 Å². The number of nitrogens with one attached hydrogen (secondary N) is 2. The highest BCUT2D eigenvalue weighted by Gasteiger charge is 2.66. The van der Waals surface area contributed by atoms with Crippen LogP contribution in [0.3, 0.4) is 0 Å². The number of fused-ring (bicyclic) bond motifs is 7. The quantitative estimate of drug-likeness (QED) is 0.325. The van der Waals surface area contributed by atoms with E-state index in [2.05, 4.69) is 24.5 Å². The van der Waals surface area contributed by atoms with E-state index >= 15 is 0 Å². The van der Waals surface area contributed by atoms with Crippen LogP contribution in [-0.2, 0) is 19.2 Å². The summed E-state index contributed by atoms with van der Waals surface area (Å²) in [5.74, 6) is -2.71. The lowest BCUT2D eigenvalue weighted by molar-refractivity contribution is -0.145. The summed E-state index contributed by atoms with van der Waals surface area (Å²) < 4.78 is 0. The molecule has 0 aromatic carbocycles. The van der Waals surface area contributed by atoms with Gasteiger partial charge in [0.05, 0.1) is 17.6 Å². The van der Waals surface area contributed by atoms with Gasteiger partial charge >= 0.3 is 0 Å². The lowest BCUT2D eigenvalue weighted by Gasteiger charge is -2.44. The van der Waals surface area contributed by atoms with Gasteiger partial charge in [0.1, 0.15) is 23.2 Å². The smallest absolute Gasteiger partial charge is 0.259 e. The second kappa shape index (κ2) is 10.1. The van der Waals surface area contributed by atoms with Crippen LogP contribution >= 0.6 is 0 Å². The molecule has 0 unspecified atom stereocenters. The van der Waals surface area contributed by atoms with E-state index in [0.29, 0.717) is 12.3 Å². The minimum atomic E-state index is -1.22. The van der Waals surface area contributed by atoms with Gasteiger partial charge < -0.3 is 26.0 Å². The Morgan fingerprint density at radius 1 is 1.11 bits per heavy atom. The number of ketones is 2. The van der Waals surface area contributed by atoms with Crippen LogP contribution in [-0.4, -0.2) is 63.0 Å². The number of amides is 2. The molecule has 5 rings (SSSR count). The van der Waals surface area contributed by atoms with Crippen molar-refractivity contribution < 1.29 is 34.5 Å². The van der Waals surface area contributed by atoms with Crippen molar-refractivity contribution in [1.82, 2.24) is 10.6 Å². The Labute approximate surface area is 222 Å². The number of allylic oxidation sites excluding steroid dienone is 3. The molecule has 2 amide bonds. The van der Waals surface area contributed by atoms with Crippen molar-refractivity contribution in [1.29, 1.82) is 0 Å². The average Bonchev–Trinajstić information content (AvgIpc) is 3.43. The lowest BCUT2D eigenvalue weighted by Crippen LogP contribution is -2.51. The Kier molecular flexibility index (Phi) is 7.11. The molecule has 206 valence electrons. The molecular formula is C29H38N2O7. The van der Waals surface area contributed by atoms with Crippen molar-refractivity contribution >= 4 is 23.4 Å². The third kappa shape index (κ3) is 4.24. The molecule has 38 heavy (non-hydrogen) atoms. The van der Waals surface area contributed by atoms with Gasteiger partial charge in [-0.1, -0.05) is 32.4 Å². The number of aliphatic hydroxyl groups excluding tert-OH is 2. The molecular weight excluding hydrogens is 488 g/mol. The largest absolute Gasteiger partial charge is 0.507 e. The summed E-state index contributed by atoms with van der Waals surface area (Å²) in [7, 11) is 0. The number of carbonyl (C=O) groups excluding carboxylic acids is 4. The first-order chi connectivity index (χ1) is 18.1. The van der Waals surface area contributed by atoms with Crippen molar-refractivity contribution in [3.8, 4) is 0 Å². The second-order valence-corrected chi connectivity index (χ2v) is 11.9. The highest BCUT2D eigenvalue weighted by atomic mass is 16.3. The third-order valence-corrected chi connectivity index (χ3v) is 10.2. The normalized spacial score (nSPS) is 45.2. The first-order valence-corrected chi connectivity index (χ1v) is 13.9. The number of Topliss-reactive ketones (excluding diaryl/α,β-unsaturated/α-hetero) is 2. The molecule has 2 heterocycles. The fourth-order valence-electron chi connectivity index (χ4n) is 8.22. The van der Waals surface area contributed by atoms with Gasteiger partial charge in [-0.2, -0.15) is 0 Å². The third-order valence-electron chi connectivity index (χ3n) is 10.2. The Bertz CT molecular complexity index is 1130. The maximum absolute atomic E-state index is 13.6. The molecule has 0 aromatic rings. The standard InChI is InChI=1S/C29H38N2O7/c1-3-15-11-17-13-19-18-5-4-6-23(35)30-10-9-21(33)26-27(36)24(28(37)31-26)20(32)8-7-16(18)12-22(34)25(19)29(17,38)14(15)2/h4,6-8,14-19,21,25-26,32-33,38H,3,5,9-13H2,1-2H3,(H,30,35)(H,31,37)/b6-4+,8-7+,24-20?/t14-,15-,16+,17+,18+,19+,21-,25+,26-,29+/m0/s1. The monoisotopic (exact) mass is 526 g/mol. The van der Waals surface area contributed by atoms with Gasteiger partial charge in [0.25, 0.3) is 5.91 Å². The van der Waals surface area contributed by atoms with Gasteiger partial charge in [-0.25, -0.2) is 0 Å². The number of aliphatic hydroxyl groups is 3. The van der Waals surface area contributed by atoms with E-state index in [1.165, 1.54) is 12.2 Å². The van der Waals surface area contributed by atoms with E-state index in [4.69, 9.17) is 0 Å². The van der Waals surface area contributed by atoms with E-state index in [0.717, 1.165) is 19.3 Å². The maximum Gasteiger partial charge on any atom is 0.259 e. The van der Waals surface area contributed by atoms with Crippen LogP contribution in [0.1, 0.15) is 52.4 Å². The predicted octanol–water partition coefficient (Wildman–Crippen LogP) is 1.50. The highest BCUT2D eigenvalue weighted by Crippen LogP contribution is 2.63. The zero-order chi connectivity index (χ0) is 27.4. The van der Waals surface area contributed by atoms with Gasteiger partial charge in [-0.3, -0.25) is 19.2 Å². The van der Waals surface area contributed by atoms with E-state index in [1.807, 2.05) is 0 Å². The highest BCUT2D eigenvalue weighted by molar-refractivity contribution is 6.27. The summed E-state index contributed by atoms with van der Waals surface area (Å²) in [5, 5.41) is 38.2. The Balaban J connectivity index is 1.50. The van der Waals surface area contributed by atoms with Crippen LogP contribution in [0, 0.1) is 41.4 Å². The molecule has 5 N–H and O–H groups in total. The minimum Gasteiger partial charge on any atom is -0.507 e. The number of rotatable bonds is 1. The van der Waals surface area contributed by atoms with Crippen molar-refractivity contribution in [2.24, 2.45) is 41.4 Å². The molecule has 1 saturated heterocycles. The fraction of sp³-hybridized carbons (Fsp3) is 0.655. The van der Waals surface area contributed by atoms with Gasteiger partial charge in [0.2, 0.25) is 5.91 Å². The van der Waals surface area contributed by atoms with Crippen LogP contribution in [0.25, 0.3) is 0 Å². The Morgan fingerprint density at radius 2 is 1.87 bits per heavy atom. The first kappa shape index (κ1) is 26.8. The Morgan fingerprint density at radius 3 is 2.61 bits per heavy atom. The van der Waals surface area contributed by atoms with E-state index in [-0.39, 0.29) is 60.7 Å². The van der Waals surface area contributed by atoms with Crippen molar-refractivity contribution in [3.63, 3.8) is 0 Å². The van der Waals surface area contributed by atoms with Crippen LogP contribution in [0.2, 0.25) is 0 Å². The van der Waals surface area contributed by atoms with Gasteiger partial charge in [0.15, 0.2) is 5.78 Å².